The van der Waals surface area contributed by atoms with E-state index in [0.29, 0.717) is 16.2 Å². The van der Waals surface area contributed by atoms with E-state index in [1.165, 1.54) is 12.2 Å². The molecule has 1 aromatic carbocycles. The summed E-state index contributed by atoms with van der Waals surface area (Å²) in [6.45, 7) is 0. The molecular formula is C16H11Cl2NO3. The van der Waals surface area contributed by atoms with Gasteiger partial charge in [0.15, 0.2) is 6.04 Å². The molecule has 22 heavy (non-hydrogen) atoms. The topological polar surface area (TPSA) is 58.9 Å². The molecule has 2 unspecified atom stereocenters. The van der Waals surface area contributed by atoms with Crippen LogP contribution in [0.15, 0.2) is 69.2 Å². The maximum atomic E-state index is 11.9. The van der Waals surface area contributed by atoms with E-state index in [0.717, 1.165) is 0 Å². The Morgan fingerprint density at radius 3 is 2.64 bits per heavy atom. The third-order valence-electron chi connectivity index (χ3n) is 3.22. The van der Waals surface area contributed by atoms with Crippen LogP contribution in [0.25, 0.3) is 0 Å². The van der Waals surface area contributed by atoms with E-state index in [4.69, 9.17) is 27.9 Å². The molecular weight excluding hydrogens is 325 g/mol. The van der Waals surface area contributed by atoms with Crippen LogP contribution in [-0.4, -0.2) is 29.1 Å². The number of carbonyl (C=O) groups is 1. The van der Waals surface area contributed by atoms with E-state index >= 15 is 0 Å². The molecule has 1 aromatic rings. The van der Waals surface area contributed by atoms with Gasteiger partial charge in [0, 0.05) is 10.6 Å². The molecule has 1 heterocycles. The number of allylic oxidation sites excluding steroid dienone is 2. The molecule has 2 atom stereocenters. The highest BCUT2D eigenvalue weighted by atomic mass is 35.5. The summed E-state index contributed by atoms with van der Waals surface area (Å²) in [5.74, 6) is -0.247. The molecule has 0 amide bonds. The van der Waals surface area contributed by atoms with E-state index in [-0.39, 0.29) is 10.9 Å². The van der Waals surface area contributed by atoms with Gasteiger partial charge in [0.2, 0.25) is 5.90 Å². The lowest BCUT2D eigenvalue weighted by molar-refractivity contribution is -0.133. The smallest absolute Gasteiger partial charge is 0.341 e. The average Bonchev–Trinajstić information content (AvgIpc) is 2.86. The van der Waals surface area contributed by atoms with Crippen molar-refractivity contribution in [2.75, 3.05) is 0 Å². The molecule has 0 saturated carbocycles. The fraction of sp³-hybridized carbons (Fsp3) is 0.125. The molecule has 2 aliphatic rings. The molecule has 6 heteroatoms. The van der Waals surface area contributed by atoms with E-state index < -0.39 is 18.1 Å². The third-order valence-corrected chi connectivity index (χ3v) is 3.76. The van der Waals surface area contributed by atoms with Crippen LogP contribution >= 0.6 is 23.2 Å². The molecule has 1 N–H and O–H groups in total. The van der Waals surface area contributed by atoms with Crippen molar-refractivity contribution in [1.29, 1.82) is 0 Å². The summed E-state index contributed by atoms with van der Waals surface area (Å²) in [6.07, 6.45) is 3.48. The van der Waals surface area contributed by atoms with Crippen LogP contribution < -0.4 is 0 Å². The van der Waals surface area contributed by atoms with Crippen molar-refractivity contribution in [2.24, 2.45) is 4.99 Å². The average molecular weight is 336 g/mol. The van der Waals surface area contributed by atoms with Gasteiger partial charge in [0.1, 0.15) is 6.10 Å². The quantitative estimate of drug-likeness (QED) is 0.845. The summed E-state index contributed by atoms with van der Waals surface area (Å²) in [4.78, 5) is 16.2. The number of hydrogen-bond acceptors (Lipinski definition) is 4. The molecule has 0 aromatic heterocycles. The number of nitrogens with zero attached hydrogens (tertiary/aromatic N) is 1. The second-order valence-electron chi connectivity index (χ2n) is 4.79. The maximum absolute atomic E-state index is 11.9. The number of benzene rings is 1. The van der Waals surface area contributed by atoms with Gasteiger partial charge in [-0.25, -0.2) is 9.79 Å². The lowest BCUT2D eigenvalue weighted by atomic mass is 10.0. The fourth-order valence-electron chi connectivity index (χ4n) is 2.15. The van der Waals surface area contributed by atoms with Crippen molar-refractivity contribution in [3.8, 4) is 0 Å². The van der Waals surface area contributed by atoms with E-state index in [1.54, 1.807) is 18.2 Å². The zero-order valence-corrected chi connectivity index (χ0v) is 12.8. The predicted octanol–water partition coefficient (Wildman–Crippen LogP) is 2.90. The second kappa shape index (κ2) is 6.08. The highest BCUT2D eigenvalue weighted by molar-refractivity contribution is 6.35. The van der Waals surface area contributed by atoms with Crippen molar-refractivity contribution in [3.63, 3.8) is 0 Å². The fourth-order valence-corrected chi connectivity index (χ4v) is 2.69. The summed E-state index contributed by atoms with van der Waals surface area (Å²) in [5.41, 5.74) is 1.13. The minimum atomic E-state index is -1.02. The monoisotopic (exact) mass is 335 g/mol. The van der Waals surface area contributed by atoms with E-state index in [9.17, 15) is 9.90 Å². The van der Waals surface area contributed by atoms with Crippen LogP contribution in [0.4, 0.5) is 0 Å². The molecule has 0 saturated heterocycles. The van der Waals surface area contributed by atoms with Gasteiger partial charge in [-0.15, -0.1) is 0 Å². The number of esters is 1. The van der Waals surface area contributed by atoms with Crippen molar-refractivity contribution in [1.82, 2.24) is 0 Å². The first-order chi connectivity index (χ1) is 10.5. The van der Waals surface area contributed by atoms with Crippen LogP contribution in [0.1, 0.15) is 5.56 Å². The summed E-state index contributed by atoms with van der Waals surface area (Å²) < 4.78 is 5.17. The minimum absolute atomic E-state index is 0.192. The van der Waals surface area contributed by atoms with Crippen molar-refractivity contribution < 1.29 is 14.6 Å². The number of rotatable bonds is 2. The van der Waals surface area contributed by atoms with Gasteiger partial charge >= 0.3 is 5.97 Å². The van der Waals surface area contributed by atoms with Crippen molar-refractivity contribution >= 4 is 35.1 Å². The molecule has 0 spiro atoms. The summed E-state index contributed by atoms with van der Waals surface area (Å²) in [7, 11) is 0. The summed E-state index contributed by atoms with van der Waals surface area (Å²) in [6, 6.07) is 8.29. The van der Waals surface area contributed by atoms with E-state index in [2.05, 4.69) is 4.99 Å². The molecule has 0 radical (unpaired) electrons. The first kappa shape index (κ1) is 15.0. The Labute approximate surface area is 137 Å². The Morgan fingerprint density at radius 2 is 1.91 bits per heavy atom. The number of hydrogen-bond donors (Lipinski definition) is 1. The van der Waals surface area contributed by atoms with Crippen molar-refractivity contribution in [2.45, 2.75) is 12.1 Å². The number of cyclic esters (lactones) is 1. The van der Waals surface area contributed by atoms with E-state index in [1.807, 2.05) is 18.2 Å². The minimum Gasteiger partial charge on any atom is -0.405 e. The highest BCUT2D eigenvalue weighted by Crippen LogP contribution is 2.28. The molecule has 0 fully saturated rings. The van der Waals surface area contributed by atoms with Gasteiger partial charge < -0.3 is 9.84 Å². The molecule has 3 rings (SSSR count). The van der Waals surface area contributed by atoms with Gasteiger partial charge in [0.05, 0.1) is 5.03 Å². The first-order valence-electron chi connectivity index (χ1n) is 6.53. The van der Waals surface area contributed by atoms with Crippen LogP contribution in [0.3, 0.4) is 0 Å². The number of ether oxygens (including phenoxy) is 1. The largest absolute Gasteiger partial charge is 0.405 e. The normalized spacial score (nSPS) is 26.4. The standard InChI is InChI=1S/C16H11Cl2NO3/c17-11-6-10(14(20)12(18)8-11)7-13-16(21)22-15(19-13)9-4-2-1-3-5-9/h1-8,13-14,20H. The van der Waals surface area contributed by atoms with Gasteiger partial charge in [0.25, 0.3) is 0 Å². The molecule has 1 aliphatic heterocycles. The van der Waals surface area contributed by atoms with Gasteiger partial charge in [-0.3, -0.25) is 0 Å². The van der Waals surface area contributed by atoms with Gasteiger partial charge in [-0.05, 0) is 35.9 Å². The van der Waals surface area contributed by atoms with Gasteiger partial charge in [-0.2, -0.15) is 0 Å². The molecule has 1 aliphatic carbocycles. The Hall–Kier alpha value is -1.88. The number of aliphatic hydroxyl groups excluding tert-OH is 1. The van der Waals surface area contributed by atoms with Crippen molar-refractivity contribution in [3.05, 3.63) is 69.8 Å². The number of carbonyl (C=O) groups excluding carboxylic acids is 1. The Morgan fingerprint density at radius 1 is 1.18 bits per heavy atom. The predicted molar refractivity (Wildman–Crippen MR) is 84.8 cm³/mol. The number of halogens is 2. The Bertz CT molecular complexity index is 735. The highest BCUT2D eigenvalue weighted by Gasteiger charge is 2.30. The number of aliphatic imine (C=N–C) groups is 1. The van der Waals surface area contributed by atoms with Crippen LogP contribution in [0, 0.1) is 0 Å². The lowest BCUT2D eigenvalue weighted by Gasteiger charge is -2.16. The Balaban J connectivity index is 1.90. The zero-order chi connectivity index (χ0) is 15.7. The molecule has 0 bridgehead atoms. The molecule has 112 valence electrons. The van der Waals surface area contributed by atoms with Gasteiger partial charge in [-0.1, -0.05) is 41.4 Å². The lowest BCUT2D eigenvalue weighted by Crippen LogP contribution is -2.18. The summed E-state index contributed by atoms with van der Waals surface area (Å²) in [5, 5.41) is 10.6. The zero-order valence-electron chi connectivity index (χ0n) is 11.2. The Kier molecular flexibility index (Phi) is 4.16. The van der Waals surface area contributed by atoms with Crippen LogP contribution in [-0.2, 0) is 9.53 Å². The van der Waals surface area contributed by atoms with Crippen LogP contribution in [0.2, 0.25) is 0 Å². The summed E-state index contributed by atoms with van der Waals surface area (Å²) >= 11 is 11.8. The third kappa shape index (κ3) is 2.99. The van der Waals surface area contributed by atoms with Crippen LogP contribution in [0.5, 0.6) is 0 Å². The second-order valence-corrected chi connectivity index (χ2v) is 5.67. The molecule has 4 nitrogen and oxygen atoms in total. The maximum Gasteiger partial charge on any atom is 0.341 e. The first-order valence-corrected chi connectivity index (χ1v) is 7.29. The SMILES string of the molecule is O=C1OC(c2ccccc2)=NC1C=C1C=C(Cl)C=C(Cl)C1O. The number of aliphatic hydroxyl groups is 1.